The van der Waals surface area contributed by atoms with Gasteiger partial charge < -0.3 is 10.7 Å². The summed E-state index contributed by atoms with van der Waals surface area (Å²) in [5.41, 5.74) is 8.08. The molecule has 0 amide bonds. The Morgan fingerprint density at radius 3 is 3.00 bits per heavy atom. The highest BCUT2D eigenvalue weighted by Crippen LogP contribution is 2.46. The molecule has 0 aliphatic heterocycles. The van der Waals surface area contributed by atoms with Crippen molar-refractivity contribution in [3.8, 4) is 0 Å². The van der Waals surface area contributed by atoms with Crippen LogP contribution in [0, 0.1) is 0 Å². The van der Waals surface area contributed by atoms with Crippen LogP contribution in [-0.2, 0) is 5.41 Å². The normalized spacial score (nSPS) is 17.9. The van der Waals surface area contributed by atoms with E-state index in [1.165, 1.54) is 0 Å². The fourth-order valence-electron chi connectivity index (χ4n) is 2.26. The number of aromatic amines is 1. The lowest BCUT2D eigenvalue weighted by atomic mass is 10.1. The van der Waals surface area contributed by atoms with Gasteiger partial charge in [-0.2, -0.15) is 0 Å². The summed E-state index contributed by atoms with van der Waals surface area (Å²) in [4.78, 5) is 11.4. The first-order valence-corrected chi connectivity index (χ1v) is 5.57. The van der Waals surface area contributed by atoms with Crippen LogP contribution in [0.3, 0.4) is 0 Å². The van der Waals surface area contributed by atoms with Gasteiger partial charge in [0.2, 0.25) is 0 Å². The summed E-state index contributed by atoms with van der Waals surface area (Å²) in [6, 6.07) is 0. The van der Waals surface area contributed by atoms with Gasteiger partial charge in [0.15, 0.2) is 11.3 Å². The summed E-state index contributed by atoms with van der Waals surface area (Å²) in [7, 11) is 0. The fraction of sp³-hybridized carbons (Fsp3) is 0.400. The maximum absolute atomic E-state index is 5.82. The van der Waals surface area contributed by atoms with E-state index in [0.717, 1.165) is 29.8 Å². The molecule has 0 spiro atoms. The molecule has 0 unspecified atom stereocenters. The number of imidazole rings is 1. The number of H-pyrrole nitrogens is 1. The molecule has 7 heteroatoms. The molecule has 3 aromatic heterocycles. The zero-order valence-corrected chi connectivity index (χ0v) is 9.09. The highest BCUT2D eigenvalue weighted by Gasteiger charge is 2.47. The third-order valence-electron chi connectivity index (χ3n) is 3.55. The summed E-state index contributed by atoms with van der Waals surface area (Å²) in [6.07, 6.45) is 5.49. The molecule has 86 valence electrons. The SMILES string of the molecule is NCC1(c2nnc3c4[nH]cnc4ncn23)CC1. The van der Waals surface area contributed by atoms with E-state index in [9.17, 15) is 0 Å². The van der Waals surface area contributed by atoms with Crippen molar-refractivity contribution in [1.29, 1.82) is 0 Å². The van der Waals surface area contributed by atoms with Gasteiger partial charge in [0.1, 0.15) is 17.7 Å². The summed E-state index contributed by atoms with van der Waals surface area (Å²) in [6.45, 7) is 0.606. The molecule has 7 nitrogen and oxygen atoms in total. The Balaban J connectivity index is 2.07. The Labute approximate surface area is 96.1 Å². The quantitative estimate of drug-likeness (QED) is 0.644. The van der Waals surface area contributed by atoms with Gasteiger partial charge >= 0.3 is 0 Å². The highest BCUT2D eigenvalue weighted by atomic mass is 15.3. The second kappa shape index (κ2) is 2.80. The second-order valence-electron chi connectivity index (χ2n) is 4.55. The zero-order chi connectivity index (χ0) is 11.5. The molecule has 0 aromatic carbocycles. The number of aromatic nitrogens is 6. The van der Waals surface area contributed by atoms with Crippen LogP contribution in [0.25, 0.3) is 16.8 Å². The standard InChI is InChI=1S/C10H11N7/c11-3-10(1-2-10)9-16-15-8-6-7(13-4-12-6)14-5-17(8)9/h4-5H,1-3,11H2,(H,12,13). The second-order valence-corrected chi connectivity index (χ2v) is 4.55. The Kier molecular flexibility index (Phi) is 1.49. The fourth-order valence-corrected chi connectivity index (χ4v) is 2.26. The van der Waals surface area contributed by atoms with E-state index in [-0.39, 0.29) is 5.41 Å². The van der Waals surface area contributed by atoms with Gasteiger partial charge in [-0.3, -0.25) is 4.40 Å². The molecule has 0 bridgehead atoms. The van der Waals surface area contributed by atoms with Gasteiger partial charge in [-0.15, -0.1) is 10.2 Å². The first kappa shape index (κ1) is 9.06. The van der Waals surface area contributed by atoms with Gasteiger partial charge in [0, 0.05) is 12.0 Å². The first-order chi connectivity index (χ1) is 8.34. The molecule has 1 aliphatic rings. The van der Waals surface area contributed by atoms with Crippen molar-refractivity contribution in [2.45, 2.75) is 18.3 Å². The zero-order valence-electron chi connectivity index (χ0n) is 9.09. The Morgan fingerprint density at radius 2 is 2.24 bits per heavy atom. The van der Waals surface area contributed by atoms with Crippen molar-refractivity contribution in [2.75, 3.05) is 6.54 Å². The van der Waals surface area contributed by atoms with E-state index < -0.39 is 0 Å². The van der Waals surface area contributed by atoms with Crippen LogP contribution in [0.4, 0.5) is 0 Å². The molecule has 3 aromatic rings. The first-order valence-electron chi connectivity index (χ1n) is 5.57. The molecule has 3 N–H and O–H groups in total. The maximum atomic E-state index is 5.82. The minimum Gasteiger partial charge on any atom is -0.340 e. The lowest BCUT2D eigenvalue weighted by molar-refractivity contribution is 0.638. The average Bonchev–Trinajstić information content (AvgIpc) is 2.82. The Morgan fingerprint density at radius 1 is 1.35 bits per heavy atom. The smallest absolute Gasteiger partial charge is 0.189 e. The van der Waals surface area contributed by atoms with E-state index in [0.29, 0.717) is 12.2 Å². The number of hydrogen-bond acceptors (Lipinski definition) is 5. The minimum atomic E-state index is 0.00872. The topological polar surface area (TPSA) is 97.8 Å². The van der Waals surface area contributed by atoms with Crippen molar-refractivity contribution in [2.24, 2.45) is 5.73 Å². The largest absolute Gasteiger partial charge is 0.340 e. The summed E-state index contributed by atoms with van der Waals surface area (Å²) in [5.74, 6) is 0.916. The summed E-state index contributed by atoms with van der Waals surface area (Å²) >= 11 is 0. The monoisotopic (exact) mass is 229 g/mol. The number of fused-ring (bicyclic) bond motifs is 3. The minimum absolute atomic E-state index is 0.00872. The number of nitrogens with zero attached hydrogens (tertiary/aromatic N) is 5. The summed E-state index contributed by atoms with van der Waals surface area (Å²) < 4.78 is 1.92. The molecule has 3 heterocycles. The van der Waals surface area contributed by atoms with Crippen molar-refractivity contribution >= 4 is 16.8 Å². The molecule has 1 saturated carbocycles. The average molecular weight is 229 g/mol. The van der Waals surface area contributed by atoms with Gasteiger partial charge in [0.05, 0.1) is 6.33 Å². The maximum Gasteiger partial charge on any atom is 0.189 e. The molecule has 1 fully saturated rings. The third kappa shape index (κ3) is 1.04. The van der Waals surface area contributed by atoms with Crippen molar-refractivity contribution in [3.63, 3.8) is 0 Å². The predicted octanol–water partition coefficient (Wildman–Crippen LogP) is -0.00910. The molecule has 4 rings (SSSR count). The van der Waals surface area contributed by atoms with Crippen molar-refractivity contribution in [1.82, 2.24) is 29.5 Å². The molecular weight excluding hydrogens is 218 g/mol. The van der Waals surface area contributed by atoms with E-state index >= 15 is 0 Å². The third-order valence-corrected chi connectivity index (χ3v) is 3.55. The highest BCUT2D eigenvalue weighted by molar-refractivity contribution is 5.84. The number of hydrogen-bond donors (Lipinski definition) is 2. The lowest BCUT2D eigenvalue weighted by Crippen LogP contribution is -2.22. The molecule has 0 radical (unpaired) electrons. The van der Waals surface area contributed by atoms with E-state index in [1.807, 2.05) is 4.40 Å². The number of nitrogens with two attached hydrogens (primary N) is 1. The van der Waals surface area contributed by atoms with Crippen LogP contribution in [0.5, 0.6) is 0 Å². The van der Waals surface area contributed by atoms with E-state index in [2.05, 4.69) is 25.1 Å². The van der Waals surface area contributed by atoms with E-state index in [4.69, 9.17) is 5.73 Å². The summed E-state index contributed by atoms with van der Waals surface area (Å²) in [5, 5.41) is 8.49. The number of nitrogens with one attached hydrogen (secondary N) is 1. The van der Waals surface area contributed by atoms with Gasteiger partial charge in [-0.05, 0) is 12.8 Å². The van der Waals surface area contributed by atoms with Crippen molar-refractivity contribution < 1.29 is 0 Å². The van der Waals surface area contributed by atoms with Crippen LogP contribution < -0.4 is 5.73 Å². The molecule has 0 saturated heterocycles. The molecular formula is C10H11N7. The molecule has 0 atom stereocenters. The van der Waals surface area contributed by atoms with Crippen LogP contribution in [0.1, 0.15) is 18.7 Å². The van der Waals surface area contributed by atoms with Gasteiger partial charge in [0.25, 0.3) is 0 Å². The Hall–Kier alpha value is -2.02. The molecule has 17 heavy (non-hydrogen) atoms. The van der Waals surface area contributed by atoms with Crippen LogP contribution in [-0.4, -0.2) is 36.1 Å². The van der Waals surface area contributed by atoms with Crippen molar-refractivity contribution in [3.05, 3.63) is 18.5 Å². The number of rotatable bonds is 2. The van der Waals surface area contributed by atoms with Crippen LogP contribution in [0.2, 0.25) is 0 Å². The van der Waals surface area contributed by atoms with Crippen LogP contribution in [0.15, 0.2) is 12.7 Å². The predicted molar refractivity (Wildman–Crippen MR) is 60.4 cm³/mol. The van der Waals surface area contributed by atoms with E-state index in [1.54, 1.807) is 12.7 Å². The van der Waals surface area contributed by atoms with Crippen LogP contribution >= 0.6 is 0 Å². The van der Waals surface area contributed by atoms with Gasteiger partial charge in [-0.1, -0.05) is 0 Å². The Bertz CT molecular complexity index is 706. The lowest BCUT2D eigenvalue weighted by Gasteiger charge is -2.08. The molecule has 1 aliphatic carbocycles. The van der Waals surface area contributed by atoms with Gasteiger partial charge in [-0.25, -0.2) is 9.97 Å².